The normalized spacial score (nSPS) is 22.9. The third kappa shape index (κ3) is 7.34. The van der Waals surface area contributed by atoms with Crippen LogP contribution in [0.4, 0.5) is 0 Å². The molecule has 1 saturated carbocycles. The van der Waals surface area contributed by atoms with Gasteiger partial charge in [0.1, 0.15) is 11.5 Å². The van der Waals surface area contributed by atoms with Gasteiger partial charge in [0, 0.05) is 20.3 Å². The maximum atomic E-state index is 11.9. The van der Waals surface area contributed by atoms with Gasteiger partial charge >= 0.3 is 5.97 Å². The van der Waals surface area contributed by atoms with E-state index in [2.05, 4.69) is 0 Å². The maximum Gasteiger partial charge on any atom is 0.348 e. The summed E-state index contributed by atoms with van der Waals surface area (Å²) in [6, 6.07) is 9.34. The Balaban J connectivity index is 1.48. The summed E-state index contributed by atoms with van der Waals surface area (Å²) in [4.78, 5) is 13.6. The lowest BCUT2D eigenvalue weighted by Crippen LogP contribution is -2.21. The van der Waals surface area contributed by atoms with Crippen molar-refractivity contribution < 1.29 is 19.7 Å². The smallest absolute Gasteiger partial charge is 0.348 e. The highest BCUT2D eigenvalue weighted by Gasteiger charge is 2.40. The molecule has 0 amide bonds. The number of alkyl halides is 1. The van der Waals surface area contributed by atoms with Crippen LogP contribution in [0.15, 0.2) is 30.3 Å². The highest BCUT2D eigenvalue weighted by atomic mass is 35.5. The van der Waals surface area contributed by atoms with Gasteiger partial charge in [0.15, 0.2) is 0 Å². The summed E-state index contributed by atoms with van der Waals surface area (Å²) in [6.07, 6.45) is 5.77. The molecule has 8 heteroatoms. The second kappa shape index (κ2) is 12.6. The SMILES string of the molecule is O=C(OCCO)c1ccc(CCC[C@@H]2[C@@H](CCCc3cc(Cl)cc(Cl)c3)[C@H](O)C[C@H]2Cl)s1. The molecule has 0 aliphatic heterocycles. The molecule has 1 fully saturated rings. The van der Waals surface area contributed by atoms with E-state index in [1.165, 1.54) is 11.3 Å². The number of ether oxygens (including phenoxy) is 1. The van der Waals surface area contributed by atoms with E-state index in [1.807, 2.05) is 18.2 Å². The maximum absolute atomic E-state index is 11.9. The molecule has 0 spiro atoms. The van der Waals surface area contributed by atoms with Gasteiger partial charge in [0.05, 0.1) is 12.7 Å². The summed E-state index contributed by atoms with van der Waals surface area (Å²) in [5.41, 5.74) is 1.11. The van der Waals surface area contributed by atoms with Crippen molar-refractivity contribution >= 4 is 52.1 Å². The number of benzene rings is 1. The van der Waals surface area contributed by atoms with Crippen molar-refractivity contribution in [3.8, 4) is 0 Å². The summed E-state index contributed by atoms with van der Waals surface area (Å²) < 4.78 is 4.96. The quantitative estimate of drug-likeness (QED) is 0.276. The number of carbonyl (C=O) groups excluding carboxylic acids is 1. The molecule has 1 aromatic carbocycles. The zero-order valence-corrected chi connectivity index (χ0v) is 20.9. The molecule has 176 valence electrons. The lowest BCUT2D eigenvalue weighted by molar-refractivity contribution is 0.0439. The summed E-state index contributed by atoms with van der Waals surface area (Å²) >= 11 is 20.2. The fraction of sp³-hybridized carbons (Fsp3) is 0.542. The van der Waals surface area contributed by atoms with Gasteiger partial charge in [-0.25, -0.2) is 4.79 Å². The highest BCUT2D eigenvalue weighted by molar-refractivity contribution is 7.13. The number of rotatable bonds is 11. The Morgan fingerprint density at radius 2 is 1.75 bits per heavy atom. The summed E-state index contributed by atoms with van der Waals surface area (Å²) in [7, 11) is 0. The fourth-order valence-electron chi connectivity index (χ4n) is 4.58. The molecule has 3 rings (SSSR count). The van der Waals surface area contributed by atoms with Gasteiger partial charge in [-0.15, -0.1) is 22.9 Å². The Morgan fingerprint density at radius 1 is 1.06 bits per heavy atom. The number of hydrogen-bond donors (Lipinski definition) is 2. The minimum absolute atomic E-state index is 0.0111. The first-order chi connectivity index (χ1) is 15.4. The van der Waals surface area contributed by atoms with E-state index in [1.54, 1.807) is 12.1 Å². The molecule has 1 aromatic heterocycles. The van der Waals surface area contributed by atoms with Gasteiger partial charge in [-0.3, -0.25) is 0 Å². The average Bonchev–Trinajstić information content (AvgIpc) is 3.31. The van der Waals surface area contributed by atoms with Crippen molar-refractivity contribution in [1.82, 2.24) is 0 Å². The lowest BCUT2D eigenvalue weighted by atomic mass is 9.85. The van der Waals surface area contributed by atoms with Crippen molar-refractivity contribution in [2.45, 2.75) is 56.4 Å². The molecule has 2 aromatic rings. The summed E-state index contributed by atoms with van der Waals surface area (Å²) in [5.74, 6) is 0.0826. The van der Waals surface area contributed by atoms with E-state index in [-0.39, 0.29) is 36.5 Å². The predicted molar refractivity (Wildman–Crippen MR) is 131 cm³/mol. The minimum Gasteiger partial charge on any atom is -0.459 e. The van der Waals surface area contributed by atoms with Crippen LogP contribution in [0, 0.1) is 11.8 Å². The number of carbonyl (C=O) groups is 1. The molecule has 0 saturated heterocycles. The second-order valence-electron chi connectivity index (χ2n) is 8.33. The first kappa shape index (κ1) is 25.8. The summed E-state index contributed by atoms with van der Waals surface area (Å²) in [5, 5.41) is 20.6. The van der Waals surface area contributed by atoms with Gasteiger partial charge in [0.2, 0.25) is 0 Å². The monoisotopic (exact) mass is 518 g/mol. The molecule has 32 heavy (non-hydrogen) atoms. The van der Waals surface area contributed by atoms with E-state index in [9.17, 15) is 9.90 Å². The van der Waals surface area contributed by atoms with Crippen molar-refractivity contribution in [1.29, 1.82) is 0 Å². The largest absolute Gasteiger partial charge is 0.459 e. The Morgan fingerprint density at radius 3 is 2.47 bits per heavy atom. The van der Waals surface area contributed by atoms with Crippen LogP contribution < -0.4 is 0 Å². The van der Waals surface area contributed by atoms with Crippen molar-refractivity contribution in [3.05, 3.63) is 55.7 Å². The number of esters is 1. The second-order valence-corrected chi connectivity index (χ2v) is 10.9. The van der Waals surface area contributed by atoms with Crippen molar-refractivity contribution in [3.63, 3.8) is 0 Å². The topological polar surface area (TPSA) is 66.8 Å². The Labute approximate surface area is 208 Å². The van der Waals surface area contributed by atoms with E-state index >= 15 is 0 Å². The molecule has 4 nitrogen and oxygen atoms in total. The molecule has 1 aliphatic rings. The molecule has 0 unspecified atom stereocenters. The lowest BCUT2D eigenvalue weighted by Gasteiger charge is -2.23. The number of aliphatic hydroxyl groups excluding tert-OH is 2. The Bertz CT molecular complexity index is 868. The zero-order valence-electron chi connectivity index (χ0n) is 17.8. The average molecular weight is 520 g/mol. The van der Waals surface area contributed by atoms with Crippen LogP contribution in [0.5, 0.6) is 0 Å². The van der Waals surface area contributed by atoms with Gasteiger partial charge in [-0.1, -0.05) is 23.2 Å². The molecule has 2 N–H and O–H groups in total. The van der Waals surface area contributed by atoms with Crippen molar-refractivity contribution in [2.24, 2.45) is 11.8 Å². The van der Waals surface area contributed by atoms with E-state index in [4.69, 9.17) is 44.6 Å². The van der Waals surface area contributed by atoms with Crippen molar-refractivity contribution in [2.75, 3.05) is 13.2 Å². The first-order valence-corrected chi connectivity index (χ1v) is 13.0. The molecule has 4 atom stereocenters. The minimum atomic E-state index is -0.393. The fourth-order valence-corrected chi connectivity index (χ4v) is 6.59. The van der Waals surface area contributed by atoms with E-state index in [0.29, 0.717) is 21.3 Å². The number of thiophene rings is 1. The van der Waals surface area contributed by atoms with Crippen LogP contribution in [0.1, 0.15) is 52.2 Å². The molecule has 1 aliphatic carbocycles. The van der Waals surface area contributed by atoms with Crippen LogP contribution in [-0.4, -0.2) is 40.9 Å². The van der Waals surface area contributed by atoms with Gasteiger partial charge in [-0.2, -0.15) is 0 Å². The highest BCUT2D eigenvalue weighted by Crippen LogP contribution is 2.42. The van der Waals surface area contributed by atoms with Gasteiger partial charge in [-0.05, 0) is 92.7 Å². The molecular formula is C24H29Cl3O4S. The number of hydrogen-bond acceptors (Lipinski definition) is 5. The number of aliphatic hydroxyl groups is 2. The van der Waals surface area contributed by atoms with Crippen LogP contribution >= 0.6 is 46.1 Å². The number of halogens is 3. The molecule has 0 bridgehead atoms. The summed E-state index contributed by atoms with van der Waals surface area (Å²) in [6.45, 7) is -0.163. The van der Waals surface area contributed by atoms with Crippen LogP contribution in [-0.2, 0) is 17.6 Å². The Hall–Kier alpha value is -0.820. The standard InChI is InChI=1S/C24H29Cl3O4S/c25-16-11-15(12-17(26)13-16)3-1-6-20-19(21(27)14-22(20)29)5-2-4-18-7-8-23(32-18)24(30)31-10-9-28/h7-8,11-13,19-22,28-29H,1-6,9-10,14H2/t19-,20-,21-,22-/m1/s1. The van der Waals surface area contributed by atoms with E-state index < -0.39 is 5.97 Å². The molecule has 0 radical (unpaired) electrons. The van der Waals surface area contributed by atoms with Crippen LogP contribution in [0.3, 0.4) is 0 Å². The third-order valence-corrected chi connectivity index (χ3v) is 8.11. The molecular weight excluding hydrogens is 491 g/mol. The molecule has 1 heterocycles. The van der Waals surface area contributed by atoms with E-state index in [0.717, 1.165) is 49.0 Å². The van der Waals surface area contributed by atoms with Crippen LogP contribution in [0.2, 0.25) is 10.0 Å². The van der Waals surface area contributed by atoms with Gasteiger partial charge < -0.3 is 14.9 Å². The Kier molecular flexibility index (Phi) is 10.1. The predicted octanol–water partition coefficient (Wildman–Crippen LogP) is 6.15. The van der Waals surface area contributed by atoms with Crippen LogP contribution in [0.25, 0.3) is 0 Å². The third-order valence-electron chi connectivity index (χ3n) is 6.05. The first-order valence-electron chi connectivity index (χ1n) is 11.0. The zero-order chi connectivity index (χ0) is 23.1. The number of aryl methyl sites for hydroxylation is 2. The van der Waals surface area contributed by atoms with Gasteiger partial charge in [0.25, 0.3) is 0 Å².